The van der Waals surface area contributed by atoms with Crippen LogP contribution in [0.15, 0.2) is 22.2 Å². The van der Waals surface area contributed by atoms with E-state index in [-0.39, 0.29) is 0 Å². The van der Waals surface area contributed by atoms with Crippen molar-refractivity contribution in [2.45, 2.75) is 44.3 Å². The monoisotopic (exact) mass is 319 g/mol. The molecule has 2 aliphatic heterocycles. The van der Waals surface area contributed by atoms with E-state index in [2.05, 4.69) is 32.4 Å². The van der Waals surface area contributed by atoms with Crippen LogP contribution in [0.2, 0.25) is 0 Å². The van der Waals surface area contributed by atoms with E-state index in [9.17, 15) is 0 Å². The first kappa shape index (κ1) is 13.9. The van der Waals surface area contributed by atoms with Crippen molar-refractivity contribution in [1.29, 1.82) is 0 Å². The molecule has 3 nitrogen and oxygen atoms in total. The van der Waals surface area contributed by atoms with E-state index >= 15 is 0 Å². The second-order valence-corrected chi connectivity index (χ2v) is 7.68. The average Bonchev–Trinajstić information content (AvgIpc) is 3.28. The molecule has 4 heterocycles. The Labute approximate surface area is 134 Å². The molecule has 2 fully saturated rings. The number of hydrogen-bond donors (Lipinski definition) is 1. The lowest BCUT2D eigenvalue weighted by Crippen LogP contribution is -2.43. The Morgan fingerprint density at radius 2 is 2.29 bits per heavy atom. The lowest BCUT2D eigenvalue weighted by atomic mass is 10.0. The summed E-state index contributed by atoms with van der Waals surface area (Å²) in [6.45, 7) is 3.45. The maximum absolute atomic E-state index is 4.84. The SMILES string of the molecule is c1cc(-c2nc(CN3CCCC3C3CCCN3)cs2)cs1. The van der Waals surface area contributed by atoms with Crippen molar-refractivity contribution < 1.29 is 0 Å². The van der Waals surface area contributed by atoms with Gasteiger partial charge in [0.1, 0.15) is 5.01 Å². The third-order valence-corrected chi connectivity index (χ3v) is 6.29. The summed E-state index contributed by atoms with van der Waals surface area (Å²) in [6.07, 6.45) is 5.37. The molecule has 0 aliphatic carbocycles. The van der Waals surface area contributed by atoms with Crippen LogP contribution in [0.5, 0.6) is 0 Å². The number of rotatable bonds is 4. The van der Waals surface area contributed by atoms with Gasteiger partial charge in [-0.3, -0.25) is 4.90 Å². The fourth-order valence-electron chi connectivity index (χ4n) is 3.65. The van der Waals surface area contributed by atoms with Gasteiger partial charge in [0.05, 0.1) is 5.69 Å². The molecular weight excluding hydrogens is 298 g/mol. The summed E-state index contributed by atoms with van der Waals surface area (Å²) >= 11 is 3.52. The van der Waals surface area contributed by atoms with Crippen molar-refractivity contribution in [1.82, 2.24) is 15.2 Å². The van der Waals surface area contributed by atoms with Gasteiger partial charge in [-0.1, -0.05) is 0 Å². The molecule has 21 heavy (non-hydrogen) atoms. The Bertz CT molecular complexity index is 572. The zero-order chi connectivity index (χ0) is 14.1. The van der Waals surface area contributed by atoms with E-state index in [1.807, 2.05) is 0 Å². The maximum Gasteiger partial charge on any atom is 0.124 e. The van der Waals surface area contributed by atoms with E-state index in [0.717, 1.165) is 12.6 Å². The van der Waals surface area contributed by atoms with Crippen molar-refractivity contribution in [2.75, 3.05) is 13.1 Å². The van der Waals surface area contributed by atoms with Crippen molar-refractivity contribution >= 4 is 22.7 Å². The Balaban J connectivity index is 1.45. The highest BCUT2D eigenvalue weighted by Gasteiger charge is 2.33. The lowest BCUT2D eigenvalue weighted by molar-refractivity contribution is 0.205. The Morgan fingerprint density at radius 1 is 1.29 bits per heavy atom. The van der Waals surface area contributed by atoms with Gasteiger partial charge < -0.3 is 5.32 Å². The molecule has 2 unspecified atom stereocenters. The fourth-order valence-corrected chi connectivity index (χ4v) is 5.17. The molecule has 4 rings (SSSR count). The van der Waals surface area contributed by atoms with E-state index in [1.165, 1.54) is 55.0 Å². The van der Waals surface area contributed by atoms with Crippen LogP contribution in [-0.4, -0.2) is 35.1 Å². The topological polar surface area (TPSA) is 28.2 Å². The number of aromatic nitrogens is 1. The molecule has 1 N–H and O–H groups in total. The first-order valence-corrected chi connectivity index (χ1v) is 9.67. The van der Waals surface area contributed by atoms with Gasteiger partial charge in [-0.25, -0.2) is 4.98 Å². The van der Waals surface area contributed by atoms with Crippen LogP contribution in [-0.2, 0) is 6.54 Å². The summed E-state index contributed by atoms with van der Waals surface area (Å²) in [5.74, 6) is 0. The zero-order valence-electron chi connectivity index (χ0n) is 12.1. The van der Waals surface area contributed by atoms with Crippen LogP contribution in [0.3, 0.4) is 0 Å². The predicted molar refractivity (Wildman–Crippen MR) is 89.9 cm³/mol. The maximum atomic E-state index is 4.84. The number of nitrogens with one attached hydrogen (secondary N) is 1. The molecule has 0 spiro atoms. The highest BCUT2D eigenvalue weighted by atomic mass is 32.1. The number of likely N-dealkylation sites (tertiary alicyclic amines) is 1. The first-order valence-electron chi connectivity index (χ1n) is 7.84. The number of thiophene rings is 1. The average molecular weight is 319 g/mol. The van der Waals surface area contributed by atoms with Crippen molar-refractivity contribution in [3.8, 4) is 10.6 Å². The molecule has 2 aromatic heterocycles. The van der Waals surface area contributed by atoms with E-state index < -0.39 is 0 Å². The van der Waals surface area contributed by atoms with Gasteiger partial charge in [0.2, 0.25) is 0 Å². The summed E-state index contributed by atoms with van der Waals surface area (Å²) in [6, 6.07) is 3.59. The van der Waals surface area contributed by atoms with Crippen molar-refractivity contribution in [3.05, 3.63) is 27.9 Å². The molecule has 5 heteroatoms. The van der Waals surface area contributed by atoms with E-state index in [1.54, 1.807) is 22.7 Å². The van der Waals surface area contributed by atoms with Crippen molar-refractivity contribution in [3.63, 3.8) is 0 Å². The largest absolute Gasteiger partial charge is 0.312 e. The number of hydrogen-bond acceptors (Lipinski definition) is 5. The van der Waals surface area contributed by atoms with Crippen LogP contribution in [0, 0.1) is 0 Å². The summed E-state index contributed by atoms with van der Waals surface area (Å²) in [5, 5.41) is 11.4. The minimum atomic E-state index is 0.711. The quantitative estimate of drug-likeness (QED) is 0.933. The molecule has 0 radical (unpaired) electrons. The Morgan fingerprint density at radius 3 is 3.10 bits per heavy atom. The van der Waals surface area contributed by atoms with Crippen LogP contribution < -0.4 is 5.32 Å². The molecular formula is C16H21N3S2. The van der Waals surface area contributed by atoms with Crippen LogP contribution in [0.4, 0.5) is 0 Å². The molecule has 112 valence electrons. The third-order valence-electron chi connectivity index (χ3n) is 4.66. The minimum absolute atomic E-state index is 0.711. The van der Waals surface area contributed by atoms with Gasteiger partial charge >= 0.3 is 0 Å². The highest BCUT2D eigenvalue weighted by Crippen LogP contribution is 2.29. The molecule has 2 saturated heterocycles. The highest BCUT2D eigenvalue weighted by molar-refractivity contribution is 7.14. The molecule has 2 atom stereocenters. The zero-order valence-corrected chi connectivity index (χ0v) is 13.8. The molecule has 2 aliphatic rings. The minimum Gasteiger partial charge on any atom is -0.312 e. The van der Waals surface area contributed by atoms with Crippen molar-refractivity contribution in [2.24, 2.45) is 0 Å². The van der Waals surface area contributed by atoms with Crippen LogP contribution in [0.25, 0.3) is 10.6 Å². The molecule has 0 amide bonds. The van der Waals surface area contributed by atoms with Gasteiger partial charge in [0.25, 0.3) is 0 Å². The number of thiazole rings is 1. The van der Waals surface area contributed by atoms with Gasteiger partial charge in [-0.2, -0.15) is 11.3 Å². The fraction of sp³-hybridized carbons (Fsp3) is 0.562. The normalized spacial score (nSPS) is 26.7. The number of nitrogens with zero attached hydrogens (tertiary/aromatic N) is 2. The van der Waals surface area contributed by atoms with Gasteiger partial charge in [-0.05, 0) is 50.2 Å². The second-order valence-electron chi connectivity index (χ2n) is 6.04. The van der Waals surface area contributed by atoms with Gasteiger partial charge in [-0.15, -0.1) is 11.3 Å². The van der Waals surface area contributed by atoms with Crippen LogP contribution >= 0.6 is 22.7 Å². The van der Waals surface area contributed by atoms with E-state index in [4.69, 9.17) is 4.98 Å². The molecule has 0 saturated carbocycles. The Kier molecular flexibility index (Phi) is 4.07. The molecule has 2 aromatic rings. The second kappa shape index (κ2) is 6.16. The Hall–Kier alpha value is -0.750. The summed E-state index contributed by atoms with van der Waals surface area (Å²) in [7, 11) is 0. The standard InChI is InChI=1S/C16H21N3S2/c1-3-14(17-6-1)15-4-2-7-19(15)9-13-11-21-16(18-13)12-5-8-20-10-12/h5,8,10-11,14-15,17H,1-4,6-7,9H2. The molecule has 0 aromatic carbocycles. The smallest absolute Gasteiger partial charge is 0.124 e. The van der Waals surface area contributed by atoms with Crippen LogP contribution in [0.1, 0.15) is 31.4 Å². The van der Waals surface area contributed by atoms with E-state index in [0.29, 0.717) is 6.04 Å². The molecule has 0 bridgehead atoms. The summed E-state index contributed by atoms with van der Waals surface area (Å²) in [5.41, 5.74) is 2.51. The summed E-state index contributed by atoms with van der Waals surface area (Å²) in [4.78, 5) is 7.49. The third kappa shape index (κ3) is 2.93. The lowest BCUT2D eigenvalue weighted by Gasteiger charge is -2.28. The predicted octanol–water partition coefficient (Wildman–Crippen LogP) is 3.59. The first-order chi connectivity index (χ1) is 10.4. The summed E-state index contributed by atoms with van der Waals surface area (Å²) < 4.78 is 0. The van der Waals surface area contributed by atoms with Gasteiger partial charge in [0.15, 0.2) is 0 Å². The van der Waals surface area contributed by atoms with Gasteiger partial charge in [0, 0.05) is 35.0 Å².